The Morgan fingerprint density at radius 3 is 1.80 bits per heavy atom. The smallest absolute Gasteiger partial charge is 0.336 e. The largest absolute Gasteiger partial charge is 0.478 e. The van der Waals surface area contributed by atoms with Crippen LogP contribution in [-0.4, -0.2) is 34.3 Å². The number of carbonyl (C=O) groups excluding carboxylic acids is 2. The molecular weight excluding hydrogens is 268 g/mol. The highest BCUT2D eigenvalue weighted by Gasteiger charge is 2.19. The summed E-state index contributed by atoms with van der Waals surface area (Å²) in [6, 6.07) is 2.34. The topological polar surface area (TPSA) is 133 Å². The van der Waals surface area contributed by atoms with E-state index >= 15 is 0 Å². The van der Waals surface area contributed by atoms with Crippen LogP contribution < -0.4 is 0 Å². The summed E-state index contributed by atoms with van der Waals surface area (Å²) in [5.41, 5.74) is -0.533. The van der Waals surface area contributed by atoms with Crippen molar-refractivity contribution < 1.29 is 29.4 Å². The molecule has 0 aromatic heterocycles. The zero-order valence-corrected chi connectivity index (χ0v) is 9.99. The van der Waals surface area contributed by atoms with Crippen molar-refractivity contribution in [3.8, 4) is 0 Å². The summed E-state index contributed by atoms with van der Waals surface area (Å²) >= 11 is 0. The summed E-state index contributed by atoms with van der Waals surface area (Å²) < 4.78 is 0. The Balaban J connectivity index is 3.52. The number of nitrogens with zero attached hydrogens (tertiary/aromatic N) is 2. The molecule has 0 atom stereocenters. The van der Waals surface area contributed by atoms with Crippen molar-refractivity contribution in [3.05, 3.63) is 34.4 Å². The highest BCUT2D eigenvalue weighted by molar-refractivity contribution is 5.97. The lowest BCUT2D eigenvalue weighted by Gasteiger charge is -2.09. The lowest BCUT2D eigenvalue weighted by molar-refractivity contribution is 0.0695. The molecule has 0 aliphatic carbocycles. The van der Waals surface area contributed by atoms with E-state index in [-0.39, 0.29) is 28.8 Å². The van der Waals surface area contributed by atoms with Crippen LogP contribution in [0.4, 0.5) is 0 Å². The van der Waals surface area contributed by atoms with Crippen molar-refractivity contribution in [1.29, 1.82) is 0 Å². The highest BCUT2D eigenvalue weighted by Crippen LogP contribution is 2.20. The first-order valence-corrected chi connectivity index (χ1v) is 5.21. The Hall–Kier alpha value is -3.08. The van der Waals surface area contributed by atoms with E-state index in [0.29, 0.717) is 0 Å². The number of carboxylic acid groups (broad SMARTS) is 2. The highest BCUT2D eigenvalue weighted by atomic mass is 16.4. The average Bonchev–Trinajstić information content (AvgIpc) is 2.42. The van der Waals surface area contributed by atoms with Gasteiger partial charge >= 0.3 is 11.9 Å². The standard InChI is InChI=1S/C12H8N2O6/c15-5-13-3-7-1-8(11(17)18)10(4-14-6-16)9(2-7)12(19)20/h1-2H,3-4H2,(H,17,18)(H,19,20). The Morgan fingerprint density at radius 2 is 1.40 bits per heavy atom. The molecule has 2 N–H and O–H groups in total. The maximum atomic E-state index is 11.1. The minimum absolute atomic E-state index is 0.118. The van der Waals surface area contributed by atoms with Gasteiger partial charge in [0, 0.05) is 5.56 Å². The predicted molar refractivity (Wildman–Crippen MR) is 64.0 cm³/mol. The minimum atomic E-state index is -1.37. The molecule has 0 radical (unpaired) electrons. The second-order valence-electron chi connectivity index (χ2n) is 3.59. The van der Waals surface area contributed by atoms with Crippen molar-refractivity contribution in [1.82, 2.24) is 0 Å². The zero-order valence-electron chi connectivity index (χ0n) is 9.99. The van der Waals surface area contributed by atoms with Gasteiger partial charge in [0.25, 0.3) is 0 Å². The molecule has 1 aromatic rings. The normalized spacial score (nSPS) is 9.20. The monoisotopic (exact) mass is 276 g/mol. The van der Waals surface area contributed by atoms with Gasteiger partial charge < -0.3 is 10.2 Å². The van der Waals surface area contributed by atoms with E-state index in [1.165, 1.54) is 24.3 Å². The summed E-state index contributed by atoms with van der Waals surface area (Å²) in [5.74, 6) is -2.75. The molecule has 0 spiro atoms. The number of isocyanates is 2. The third-order valence-electron chi connectivity index (χ3n) is 2.40. The van der Waals surface area contributed by atoms with Gasteiger partial charge in [0.05, 0.1) is 24.2 Å². The number of aliphatic imine (C=N–C) groups is 2. The van der Waals surface area contributed by atoms with Crippen LogP contribution in [0.3, 0.4) is 0 Å². The maximum Gasteiger partial charge on any atom is 0.336 e. The lowest BCUT2D eigenvalue weighted by Crippen LogP contribution is -2.11. The fourth-order valence-electron chi connectivity index (χ4n) is 1.61. The number of carbonyl (C=O) groups is 2. The first-order chi connectivity index (χ1) is 9.51. The van der Waals surface area contributed by atoms with Crippen LogP contribution in [0.25, 0.3) is 0 Å². The van der Waals surface area contributed by atoms with E-state index in [2.05, 4.69) is 9.98 Å². The number of rotatable bonds is 6. The van der Waals surface area contributed by atoms with Crippen molar-refractivity contribution in [2.75, 3.05) is 0 Å². The van der Waals surface area contributed by atoms with Crippen LogP contribution >= 0.6 is 0 Å². The quantitative estimate of drug-likeness (QED) is 0.581. The Morgan fingerprint density at radius 1 is 0.950 bits per heavy atom. The first-order valence-electron chi connectivity index (χ1n) is 5.21. The number of carboxylic acids is 2. The SMILES string of the molecule is O=C=NCc1cc(C(=O)O)c(CN=C=O)c(C(=O)O)c1. The number of hydrogen-bond donors (Lipinski definition) is 2. The summed E-state index contributed by atoms with van der Waals surface area (Å²) in [7, 11) is 0. The Labute approximate surface area is 112 Å². The van der Waals surface area contributed by atoms with Crippen LogP contribution in [0.15, 0.2) is 22.1 Å². The molecule has 0 saturated heterocycles. The van der Waals surface area contributed by atoms with E-state index in [0.717, 1.165) is 0 Å². The van der Waals surface area contributed by atoms with Gasteiger partial charge in [-0.2, -0.15) is 0 Å². The molecule has 1 rings (SSSR count). The minimum Gasteiger partial charge on any atom is -0.478 e. The van der Waals surface area contributed by atoms with E-state index < -0.39 is 18.5 Å². The van der Waals surface area contributed by atoms with E-state index in [1.54, 1.807) is 0 Å². The van der Waals surface area contributed by atoms with Gasteiger partial charge in [0.1, 0.15) is 0 Å². The lowest BCUT2D eigenvalue weighted by atomic mass is 9.97. The molecule has 0 aliphatic heterocycles. The second-order valence-corrected chi connectivity index (χ2v) is 3.59. The van der Waals surface area contributed by atoms with Crippen LogP contribution in [0.1, 0.15) is 31.8 Å². The molecule has 0 bridgehead atoms. The van der Waals surface area contributed by atoms with Crippen LogP contribution in [0.2, 0.25) is 0 Å². The second kappa shape index (κ2) is 6.75. The van der Waals surface area contributed by atoms with Gasteiger partial charge in [0.15, 0.2) is 0 Å². The summed E-state index contributed by atoms with van der Waals surface area (Å²) in [5, 5.41) is 18.2. The average molecular weight is 276 g/mol. The van der Waals surface area contributed by atoms with E-state index in [1.807, 2.05) is 0 Å². The van der Waals surface area contributed by atoms with Crippen molar-refractivity contribution in [2.45, 2.75) is 13.1 Å². The molecule has 20 heavy (non-hydrogen) atoms. The van der Waals surface area contributed by atoms with Crippen LogP contribution in [0.5, 0.6) is 0 Å². The summed E-state index contributed by atoms with van der Waals surface area (Å²) in [6.45, 7) is -0.606. The van der Waals surface area contributed by atoms with Crippen LogP contribution in [-0.2, 0) is 22.7 Å². The predicted octanol–water partition coefficient (Wildman–Crippen LogP) is 0.755. The molecule has 0 aliphatic rings. The maximum absolute atomic E-state index is 11.1. The summed E-state index contributed by atoms with van der Waals surface area (Å²) in [6.07, 6.45) is 2.49. The van der Waals surface area contributed by atoms with Gasteiger partial charge in [-0.1, -0.05) is 0 Å². The Kier molecular flexibility index (Phi) is 5.05. The van der Waals surface area contributed by atoms with Gasteiger partial charge in [-0.05, 0) is 17.7 Å². The third-order valence-corrected chi connectivity index (χ3v) is 2.40. The molecular formula is C12H8N2O6. The molecule has 0 heterocycles. The Bertz CT molecular complexity index is 619. The van der Waals surface area contributed by atoms with Crippen molar-refractivity contribution >= 4 is 24.1 Å². The third kappa shape index (κ3) is 3.46. The van der Waals surface area contributed by atoms with E-state index in [4.69, 9.17) is 10.2 Å². The molecule has 0 unspecified atom stereocenters. The molecule has 1 aromatic carbocycles. The molecule has 102 valence electrons. The fraction of sp³-hybridized carbons (Fsp3) is 0.167. The summed E-state index contributed by atoms with van der Waals surface area (Å²) in [4.78, 5) is 48.9. The molecule has 0 amide bonds. The van der Waals surface area contributed by atoms with Gasteiger partial charge in [0.2, 0.25) is 12.2 Å². The number of hydrogen-bond acceptors (Lipinski definition) is 6. The molecule has 8 nitrogen and oxygen atoms in total. The van der Waals surface area contributed by atoms with Crippen molar-refractivity contribution in [2.24, 2.45) is 9.98 Å². The van der Waals surface area contributed by atoms with Crippen molar-refractivity contribution in [3.63, 3.8) is 0 Å². The van der Waals surface area contributed by atoms with E-state index in [9.17, 15) is 19.2 Å². The molecule has 0 saturated carbocycles. The fourth-order valence-corrected chi connectivity index (χ4v) is 1.61. The van der Waals surface area contributed by atoms with Gasteiger partial charge in [-0.3, -0.25) is 0 Å². The first kappa shape index (κ1) is 15.0. The van der Waals surface area contributed by atoms with Gasteiger partial charge in [-0.25, -0.2) is 29.2 Å². The number of aromatic carboxylic acids is 2. The van der Waals surface area contributed by atoms with Gasteiger partial charge in [-0.15, -0.1) is 0 Å². The molecule has 0 fully saturated rings. The number of benzene rings is 1. The van der Waals surface area contributed by atoms with Crippen LogP contribution in [0, 0.1) is 0 Å². The molecule has 8 heteroatoms. The zero-order chi connectivity index (χ0) is 15.1.